The van der Waals surface area contributed by atoms with Gasteiger partial charge in [-0.25, -0.2) is 0 Å². The van der Waals surface area contributed by atoms with Crippen LogP contribution < -0.4 is 0 Å². The number of aliphatic hydroxyl groups excluding tert-OH is 1. The van der Waals surface area contributed by atoms with Crippen molar-refractivity contribution in [3.8, 4) is 11.1 Å². The maximum absolute atomic E-state index is 13.1. The molecule has 248 valence electrons. The number of imide groups is 1. The second-order valence-corrected chi connectivity index (χ2v) is 13.4. The summed E-state index contributed by atoms with van der Waals surface area (Å²) in [5.74, 6) is -0.375. The summed E-state index contributed by atoms with van der Waals surface area (Å²) in [4.78, 5) is 30.1. The van der Waals surface area contributed by atoms with Crippen molar-refractivity contribution in [1.29, 1.82) is 0 Å². The maximum Gasteiger partial charge on any atom is 0.261 e. The highest BCUT2D eigenvalue weighted by atomic mass is 16.7. The van der Waals surface area contributed by atoms with E-state index in [9.17, 15) is 14.7 Å². The molecule has 2 fully saturated rings. The van der Waals surface area contributed by atoms with E-state index in [1.165, 1.54) is 37.0 Å². The molecule has 0 radical (unpaired) electrons. The first-order chi connectivity index (χ1) is 23.5. The Morgan fingerprint density at radius 3 is 1.92 bits per heavy atom. The molecule has 3 aliphatic heterocycles. The van der Waals surface area contributed by atoms with Gasteiger partial charge in [0.25, 0.3) is 11.8 Å². The fourth-order valence-electron chi connectivity index (χ4n) is 7.39. The van der Waals surface area contributed by atoms with Crippen LogP contribution in [0.25, 0.3) is 11.1 Å². The predicted octanol–water partition coefficient (Wildman–Crippen LogP) is 7.70. The Morgan fingerprint density at radius 2 is 1.27 bits per heavy atom. The summed E-state index contributed by atoms with van der Waals surface area (Å²) in [5.41, 5.74) is 6.68. The van der Waals surface area contributed by atoms with Crippen molar-refractivity contribution in [2.75, 3.05) is 19.6 Å². The maximum atomic E-state index is 13.1. The van der Waals surface area contributed by atoms with E-state index in [0.717, 1.165) is 53.0 Å². The van der Waals surface area contributed by atoms with Crippen molar-refractivity contribution >= 4 is 11.8 Å². The second kappa shape index (κ2) is 14.5. The normalized spacial score (nSPS) is 23.5. The molecule has 4 aromatic rings. The molecule has 7 rings (SSSR count). The largest absolute Gasteiger partial charge is 0.392 e. The monoisotopic (exact) mass is 644 g/mol. The SMILES string of the molecule is C[C@H]1[C@@H](CN2CCCCCCC2)O[C@@H](c2ccc(-c3ccccc3CN3C(=O)c4ccccc4C3=O)cc2)O[C@H]1c1ccc(CO)cc1. The summed E-state index contributed by atoms with van der Waals surface area (Å²) in [5, 5.41) is 9.61. The van der Waals surface area contributed by atoms with Gasteiger partial charge in [0.05, 0.1) is 36.5 Å². The van der Waals surface area contributed by atoms with Crippen LogP contribution in [0.3, 0.4) is 0 Å². The number of rotatable bonds is 8. The summed E-state index contributed by atoms with van der Waals surface area (Å²) in [6.45, 7) is 5.51. The smallest absolute Gasteiger partial charge is 0.261 e. The van der Waals surface area contributed by atoms with Crippen LogP contribution in [-0.2, 0) is 22.6 Å². The molecule has 7 nitrogen and oxygen atoms in total. The number of carbonyl (C=O) groups excluding carboxylic acids is 2. The van der Waals surface area contributed by atoms with Gasteiger partial charge in [-0.1, -0.05) is 111 Å². The molecule has 3 heterocycles. The number of hydrogen-bond donors (Lipinski definition) is 1. The molecule has 0 aromatic heterocycles. The van der Waals surface area contributed by atoms with Crippen molar-refractivity contribution in [2.45, 2.75) is 70.7 Å². The molecule has 48 heavy (non-hydrogen) atoms. The lowest BCUT2D eigenvalue weighted by atomic mass is 9.89. The lowest BCUT2D eigenvalue weighted by Gasteiger charge is -2.43. The van der Waals surface area contributed by atoms with Crippen LogP contribution in [0.5, 0.6) is 0 Å². The number of likely N-dealkylation sites (tertiary alicyclic amines) is 1. The van der Waals surface area contributed by atoms with Gasteiger partial charge in [-0.2, -0.15) is 0 Å². The standard InChI is InChI=1S/C41H44N2O5/c1-28-37(26-42-23-9-3-2-4-10-24-42)47-41(48-38(28)31-17-15-29(27-44)16-18-31)32-21-19-30(20-22-32)34-12-6-5-11-33(34)25-43-39(45)35-13-7-8-14-36(35)40(43)46/h5-8,11-22,28,37-38,41,44H,2-4,9-10,23-27H2,1H3/t28-,37+,38+,41+/m0/s1. The summed E-state index contributed by atoms with van der Waals surface area (Å²) < 4.78 is 13.5. The van der Waals surface area contributed by atoms with Crippen molar-refractivity contribution in [1.82, 2.24) is 9.80 Å². The summed E-state index contributed by atoms with van der Waals surface area (Å²) in [7, 11) is 0. The van der Waals surface area contributed by atoms with E-state index in [4.69, 9.17) is 9.47 Å². The first kappa shape index (κ1) is 32.4. The minimum absolute atomic E-state index is 0.00856. The summed E-state index contributed by atoms with van der Waals surface area (Å²) in [6.07, 6.45) is 5.66. The van der Waals surface area contributed by atoms with Crippen LogP contribution in [0.2, 0.25) is 0 Å². The molecule has 4 aromatic carbocycles. The average molecular weight is 645 g/mol. The molecule has 2 saturated heterocycles. The number of nitrogens with zero attached hydrogens (tertiary/aromatic N) is 2. The highest BCUT2D eigenvalue weighted by Crippen LogP contribution is 2.42. The predicted molar refractivity (Wildman–Crippen MR) is 185 cm³/mol. The topological polar surface area (TPSA) is 79.3 Å². The molecular weight excluding hydrogens is 600 g/mol. The molecule has 0 saturated carbocycles. The highest BCUT2D eigenvalue weighted by Gasteiger charge is 2.39. The highest BCUT2D eigenvalue weighted by molar-refractivity contribution is 6.21. The van der Waals surface area contributed by atoms with E-state index in [1.54, 1.807) is 24.3 Å². The van der Waals surface area contributed by atoms with Gasteiger partial charge in [0.15, 0.2) is 6.29 Å². The van der Waals surface area contributed by atoms with E-state index < -0.39 is 6.29 Å². The molecule has 0 bridgehead atoms. The van der Waals surface area contributed by atoms with Gasteiger partial charge in [0.2, 0.25) is 0 Å². The molecule has 1 N–H and O–H groups in total. The summed E-state index contributed by atoms with van der Waals surface area (Å²) >= 11 is 0. The minimum atomic E-state index is -0.536. The van der Waals surface area contributed by atoms with Crippen LogP contribution in [0, 0.1) is 5.92 Å². The van der Waals surface area contributed by atoms with Gasteiger partial charge < -0.3 is 19.5 Å². The quantitative estimate of drug-likeness (QED) is 0.198. The zero-order valence-corrected chi connectivity index (χ0v) is 27.6. The van der Waals surface area contributed by atoms with Crippen LogP contribution in [0.1, 0.15) is 94.4 Å². The van der Waals surface area contributed by atoms with Crippen LogP contribution in [0.15, 0.2) is 97.1 Å². The van der Waals surface area contributed by atoms with E-state index >= 15 is 0 Å². The Hall–Kier alpha value is -4.14. The molecule has 2 amide bonds. The van der Waals surface area contributed by atoms with Crippen molar-refractivity contribution in [3.63, 3.8) is 0 Å². The zero-order valence-electron chi connectivity index (χ0n) is 27.6. The number of fused-ring (bicyclic) bond motifs is 1. The number of ether oxygens (including phenoxy) is 2. The number of benzene rings is 4. The third-order valence-electron chi connectivity index (χ3n) is 10.2. The first-order valence-corrected chi connectivity index (χ1v) is 17.4. The van der Waals surface area contributed by atoms with Crippen LogP contribution >= 0.6 is 0 Å². The van der Waals surface area contributed by atoms with Crippen LogP contribution in [0.4, 0.5) is 0 Å². The van der Waals surface area contributed by atoms with Gasteiger partial charge in [0, 0.05) is 18.0 Å². The lowest BCUT2D eigenvalue weighted by molar-refractivity contribution is -0.276. The second-order valence-electron chi connectivity index (χ2n) is 13.4. The van der Waals surface area contributed by atoms with Crippen molar-refractivity contribution < 1.29 is 24.2 Å². The van der Waals surface area contributed by atoms with Gasteiger partial charge in [0.1, 0.15) is 0 Å². The summed E-state index contributed by atoms with van der Waals surface area (Å²) in [6, 6.07) is 31.3. The van der Waals surface area contributed by atoms with Gasteiger partial charge in [-0.15, -0.1) is 0 Å². The number of amides is 2. The van der Waals surface area contributed by atoms with E-state index in [2.05, 4.69) is 48.2 Å². The molecule has 0 spiro atoms. The molecule has 3 aliphatic rings. The average Bonchev–Trinajstić information content (AvgIpc) is 3.35. The Bertz CT molecular complexity index is 1690. The first-order valence-electron chi connectivity index (χ1n) is 17.4. The number of aliphatic hydroxyl groups is 1. The third kappa shape index (κ3) is 6.74. The van der Waals surface area contributed by atoms with Crippen molar-refractivity contribution in [3.05, 3.63) is 130 Å². The molecular formula is C41H44N2O5. The lowest BCUT2D eigenvalue weighted by Crippen LogP contribution is -2.45. The third-order valence-corrected chi connectivity index (χ3v) is 10.2. The Labute approximate surface area is 283 Å². The molecule has 0 aliphatic carbocycles. The van der Waals surface area contributed by atoms with Gasteiger partial charge in [-0.3, -0.25) is 14.5 Å². The van der Waals surface area contributed by atoms with E-state index in [1.807, 2.05) is 36.4 Å². The fraction of sp³-hybridized carbons (Fsp3) is 0.366. The minimum Gasteiger partial charge on any atom is -0.392 e. The Balaban J connectivity index is 1.13. The number of carbonyl (C=O) groups is 2. The molecule has 7 heteroatoms. The zero-order chi connectivity index (χ0) is 33.0. The van der Waals surface area contributed by atoms with Crippen LogP contribution in [-0.4, -0.2) is 52.5 Å². The molecule has 4 atom stereocenters. The fourth-order valence-corrected chi connectivity index (χ4v) is 7.39. The molecule has 0 unspecified atom stereocenters. The van der Waals surface area contributed by atoms with Gasteiger partial charge in [-0.05, 0) is 65.9 Å². The van der Waals surface area contributed by atoms with E-state index in [0.29, 0.717) is 11.1 Å². The van der Waals surface area contributed by atoms with E-state index in [-0.39, 0.29) is 43.1 Å². The Kier molecular flexibility index (Phi) is 9.82. The Morgan fingerprint density at radius 1 is 0.688 bits per heavy atom. The number of hydrogen-bond acceptors (Lipinski definition) is 6. The van der Waals surface area contributed by atoms with Gasteiger partial charge >= 0.3 is 0 Å². The van der Waals surface area contributed by atoms with Crippen molar-refractivity contribution in [2.24, 2.45) is 5.92 Å².